The molecule has 0 aliphatic carbocycles. The third-order valence-electron chi connectivity index (χ3n) is 7.74. The molecule has 0 radical (unpaired) electrons. The molecule has 5 rings (SSSR count). The van der Waals surface area contributed by atoms with Crippen LogP contribution < -0.4 is 14.9 Å². The van der Waals surface area contributed by atoms with Crippen LogP contribution in [0, 0.1) is 0 Å². The van der Waals surface area contributed by atoms with Gasteiger partial charge < -0.3 is 13.8 Å². The summed E-state index contributed by atoms with van der Waals surface area (Å²) in [6, 6.07) is 15.8. The summed E-state index contributed by atoms with van der Waals surface area (Å²) in [5.74, 6) is -0.490. The highest BCUT2D eigenvalue weighted by molar-refractivity contribution is 8.14. The predicted molar refractivity (Wildman–Crippen MR) is 154 cm³/mol. The first kappa shape index (κ1) is 27.2. The molecule has 0 spiro atoms. The zero-order valence-electron chi connectivity index (χ0n) is 22.4. The molecule has 2 aromatic carbocycles. The molecule has 0 saturated carbocycles. The summed E-state index contributed by atoms with van der Waals surface area (Å²) in [6.07, 6.45) is 6.38. The van der Waals surface area contributed by atoms with Crippen LogP contribution in [0.1, 0.15) is 61.4 Å². The van der Waals surface area contributed by atoms with Crippen LogP contribution in [-0.2, 0) is 19.2 Å². The molecule has 0 bridgehead atoms. The van der Waals surface area contributed by atoms with Crippen molar-refractivity contribution >= 4 is 41.0 Å². The Bertz CT molecular complexity index is 1240. The Morgan fingerprint density at radius 2 is 2.00 bits per heavy atom. The largest absolute Gasteiger partial charge is 0.352 e. The highest BCUT2D eigenvalue weighted by Crippen LogP contribution is 2.48. The number of nitrogens with one attached hydrogen (secondary N) is 2. The number of hydrogen-bond acceptors (Lipinski definition) is 7. The van der Waals surface area contributed by atoms with Gasteiger partial charge in [-0.3, -0.25) is 24.7 Å². The number of imide groups is 1. The number of carbonyl (C=O) groups excluding carboxylic acids is 3. The van der Waals surface area contributed by atoms with E-state index in [-0.39, 0.29) is 17.7 Å². The SMILES string of the molecule is CCC1(c2ccc(N3CCO[SH]3c3cccc(C(=O)NCCCCN4CCC=N4)c3)cc2)CCC(=O)NC1=O. The van der Waals surface area contributed by atoms with Gasteiger partial charge in [0, 0.05) is 54.8 Å². The van der Waals surface area contributed by atoms with Crippen molar-refractivity contribution in [2.45, 2.75) is 55.8 Å². The molecular formula is C29H37N5O4S. The maximum Gasteiger partial charge on any atom is 0.251 e. The summed E-state index contributed by atoms with van der Waals surface area (Å²) >= 11 is -1.09. The molecule has 39 heavy (non-hydrogen) atoms. The molecule has 10 heteroatoms. The number of hydrazone groups is 1. The second-order valence-electron chi connectivity index (χ2n) is 10.1. The van der Waals surface area contributed by atoms with E-state index in [1.807, 2.05) is 61.7 Å². The van der Waals surface area contributed by atoms with Crippen molar-refractivity contribution in [2.24, 2.45) is 5.10 Å². The number of unbranched alkanes of at least 4 members (excludes halogenated alkanes) is 1. The molecular weight excluding hydrogens is 514 g/mol. The highest BCUT2D eigenvalue weighted by atomic mass is 32.2. The zero-order valence-corrected chi connectivity index (χ0v) is 23.3. The Hall–Kier alpha value is -3.37. The van der Waals surface area contributed by atoms with Gasteiger partial charge in [0.15, 0.2) is 0 Å². The third-order valence-corrected chi connectivity index (χ3v) is 9.76. The highest BCUT2D eigenvalue weighted by Gasteiger charge is 2.42. The topological polar surface area (TPSA) is 103 Å². The van der Waals surface area contributed by atoms with E-state index in [9.17, 15) is 14.4 Å². The van der Waals surface area contributed by atoms with Gasteiger partial charge in [-0.15, -0.1) is 0 Å². The van der Waals surface area contributed by atoms with Gasteiger partial charge in [-0.25, -0.2) is 0 Å². The summed E-state index contributed by atoms with van der Waals surface area (Å²) in [4.78, 5) is 38.3. The van der Waals surface area contributed by atoms with Crippen molar-refractivity contribution in [2.75, 3.05) is 37.1 Å². The van der Waals surface area contributed by atoms with Crippen molar-refractivity contribution in [3.8, 4) is 0 Å². The molecule has 3 aliphatic rings. The third kappa shape index (κ3) is 5.96. The molecule has 208 valence electrons. The van der Waals surface area contributed by atoms with E-state index in [1.54, 1.807) is 0 Å². The first-order valence-corrected chi connectivity index (χ1v) is 15.0. The molecule has 3 heterocycles. The minimum absolute atomic E-state index is 0.0738. The molecule has 0 aromatic heterocycles. The van der Waals surface area contributed by atoms with Crippen molar-refractivity contribution in [3.63, 3.8) is 0 Å². The summed E-state index contributed by atoms with van der Waals surface area (Å²) in [5, 5.41) is 11.9. The molecule has 2 saturated heterocycles. The Morgan fingerprint density at radius 1 is 1.15 bits per heavy atom. The number of nitrogens with zero attached hydrogens (tertiary/aromatic N) is 3. The predicted octanol–water partition coefficient (Wildman–Crippen LogP) is 3.70. The van der Waals surface area contributed by atoms with Gasteiger partial charge in [-0.05, 0) is 72.9 Å². The Balaban J connectivity index is 1.22. The van der Waals surface area contributed by atoms with Gasteiger partial charge >= 0.3 is 0 Å². The maximum atomic E-state index is 12.8. The van der Waals surface area contributed by atoms with Gasteiger partial charge in [0.05, 0.1) is 18.6 Å². The van der Waals surface area contributed by atoms with Gasteiger partial charge in [0.2, 0.25) is 11.8 Å². The van der Waals surface area contributed by atoms with E-state index in [2.05, 4.69) is 25.0 Å². The van der Waals surface area contributed by atoms with Crippen LogP contribution in [0.25, 0.3) is 0 Å². The monoisotopic (exact) mass is 551 g/mol. The van der Waals surface area contributed by atoms with Crippen LogP contribution in [0.5, 0.6) is 0 Å². The van der Waals surface area contributed by atoms with E-state index in [0.717, 1.165) is 55.0 Å². The van der Waals surface area contributed by atoms with E-state index in [4.69, 9.17) is 4.18 Å². The fourth-order valence-corrected chi connectivity index (χ4v) is 7.33. The normalized spacial score (nSPS) is 23.8. The number of rotatable bonds is 10. The summed E-state index contributed by atoms with van der Waals surface area (Å²) in [5.41, 5.74) is 1.89. The zero-order chi connectivity index (χ0) is 27.2. The summed E-state index contributed by atoms with van der Waals surface area (Å²) in [6.45, 7) is 5.89. The second kappa shape index (κ2) is 12.2. The smallest absolute Gasteiger partial charge is 0.251 e. The molecule has 3 aliphatic heterocycles. The lowest BCUT2D eigenvalue weighted by atomic mass is 9.72. The van der Waals surface area contributed by atoms with Crippen LogP contribution in [0.4, 0.5) is 5.69 Å². The molecule has 2 N–H and O–H groups in total. The van der Waals surface area contributed by atoms with E-state index < -0.39 is 16.8 Å². The van der Waals surface area contributed by atoms with Crippen molar-refractivity contribution in [3.05, 3.63) is 59.7 Å². The minimum atomic E-state index is -1.09. The van der Waals surface area contributed by atoms with Crippen molar-refractivity contribution in [1.82, 2.24) is 15.6 Å². The second-order valence-corrected chi connectivity index (χ2v) is 11.9. The average Bonchev–Trinajstić information content (AvgIpc) is 3.66. The van der Waals surface area contributed by atoms with E-state index in [1.165, 1.54) is 0 Å². The lowest BCUT2D eigenvalue weighted by molar-refractivity contribution is -0.138. The fourth-order valence-electron chi connectivity index (χ4n) is 5.44. The number of amides is 3. The number of hydrogen-bond donors (Lipinski definition) is 3. The number of benzene rings is 2. The van der Waals surface area contributed by atoms with Crippen LogP contribution in [0.2, 0.25) is 0 Å². The van der Waals surface area contributed by atoms with Crippen LogP contribution in [0.3, 0.4) is 0 Å². The lowest BCUT2D eigenvalue weighted by Crippen LogP contribution is -2.51. The Kier molecular flexibility index (Phi) is 8.52. The molecule has 3 amide bonds. The molecule has 2 aromatic rings. The van der Waals surface area contributed by atoms with Crippen molar-refractivity contribution < 1.29 is 18.6 Å². The fraction of sp³-hybridized carbons (Fsp3) is 0.448. The van der Waals surface area contributed by atoms with E-state index in [0.29, 0.717) is 38.0 Å². The molecule has 2 fully saturated rings. The minimum Gasteiger partial charge on any atom is -0.352 e. The average molecular weight is 552 g/mol. The van der Waals surface area contributed by atoms with Crippen LogP contribution >= 0.6 is 11.4 Å². The Morgan fingerprint density at radius 3 is 2.74 bits per heavy atom. The first-order valence-electron chi connectivity index (χ1n) is 13.8. The number of carbonyl (C=O) groups is 3. The quantitative estimate of drug-likeness (QED) is 0.236. The van der Waals surface area contributed by atoms with Crippen LogP contribution in [-0.4, -0.2) is 61.7 Å². The van der Waals surface area contributed by atoms with Crippen LogP contribution in [0.15, 0.2) is 58.5 Å². The lowest BCUT2D eigenvalue weighted by Gasteiger charge is -2.35. The Labute approximate surface area is 232 Å². The summed E-state index contributed by atoms with van der Waals surface area (Å²) < 4.78 is 8.40. The first-order chi connectivity index (χ1) is 19.0. The standard InChI is InChI=1S/C29H37N5O4S/c1-2-29(14-13-26(35)32-28(29)37)23-9-11-24(12-10-23)34-19-20-38-39(34)25-8-5-7-22(21-25)27(36)30-15-3-4-17-33-18-6-16-31-33/h5,7-12,16,21,39H,2-4,6,13-15,17-20H2,1H3,(H,30,36)(H,32,35,37). The van der Waals surface area contributed by atoms with Gasteiger partial charge in [0.25, 0.3) is 5.91 Å². The number of anilines is 1. The molecule has 2 atom stereocenters. The molecule has 2 unspecified atom stereocenters. The summed E-state index contributed by atoms with van der Waals surface area (Å²) in [7, 11) is 0. The van der Waals surface area contributed by atoms with Crippen molar-refractivity contribution in [1.29, 1.82) is 0 Å². The van der Waals surface area contributed by atoms with Gasteiger partial charge in [0.1, 0.15) is 0 Å². The molecule has 9 nitrogen and oxygen atoms in total. The maximum absolute atomic E-state index is 12.8. The van der Waals surface area contributed by atoms with E-state index >= 15 is 0 Å². The number of thiol groups is 1. The van der Waals surface area contributed by atoms with Gasteiger partial charge in [-0.2, -0.15) is 5.10 Å². The van der Waals surface area contributed by atoms with Gasteiger partial charge in [-0.1, -0.05) is 25.1 Å². The number of piperidine rings is 1.